The number of aliphatic imine (C=N–C) groups is 2. The van der Waals surface area contributed by atoms with E-state index in [1.807, 2.05) is 24.3 Å². The zero-order chi connectivity index (χ0) is 31.6. The van der Waals surface area contributed by atoms with Crippen molar-refractivity contribution in [2.24, 2.45) is 15.1 Å². The Bertz CT molecular complexity index is 1840. The summed E-state index contributed by atoms with van der Waals surface area (Å²) < 4.78 is 33.6. The SMILES string of the molecule is NS(=O)(=O)c1ccc(CCNC(=O)CSC2=Nc3ccccc3C3=NC(=O)C(CC(=O)NCc4ccc5c(c4)OCO5)N23)cc1. The van der Waals surface area contributed by atoms with E-state index in [0.29, 0.717) is 46.7 Å². The highest BCUT2D eigenvalue weighted by Crippen LogP contribution is 2.35. The van der Waals surface area contributed by atoms with Gasteiger partial charge in [0.1, 0.15) is 11.9 Å². The van der Waals surface area contributed by atoms with Crippen LogP contribution >= 0.6 is 11.8 Å². The zero-order valence-electron chi connectivity index (χ0n) is 23.8. The molecule has 0 aromatic heterocycles. The van der Waals surface area contributed by atoms with E-state index in [9.17, 15) is 22.8 Å². The first-order valence-electron chi connectivity index (χ1n) is 13.9. The molecule has 1 unspecified atom stereocenters. The van der Waals surface area contributed by atoms with Gasteiger partial charge in [-0.25, -0.2) is 18.5 Å². The fourth-order valence-electron chi connectivity index (χ4n) is 4.97. The average molecular weight is 649 g/mol. The van der Waals surface area contributed by atoms with E-state index in [-0.39, 0.29) is 42.2 Å². The van der Waals surface area contributed by atoms with Crippen LogP contribution < -0.4 is 25.2 Å². The van der Waals surface area contributed by atoms with Crippen LogP contribution in [0, 0.1) is 0 Å². The quantitative estimate of drug-likeness (QED) is 0.295. The van der Waals surface area contributed by atoms with E-state index >= 15 is 0 Å². The standard InChI is InChI=1S/C30H28N6O7S2/c31-45(40,41)20-8-5-18(6-9-20)11-12-32-27(38)16-44-30-34-22-4-2-1-3-21(22)28-35-29(39)23(36(28)30)14-26(37)33-15-19-7-10-24-25(13-19)43-17-42-24/h1-10,13,23H,11-12,14-17H2,(H,32,38)(H,33,37)(H2,31,40,41). The Morgan fingerprint density at radius 3 is 2.51 bits per heavy atom. The van der Waals surface area contributed by atoms with Crippen LogP contribution in [0.1, 0.15) is 23.1 Å². The van der Waals surface area contributed by atoms with Crippen molar-refractivity contribution in [1.82, 2.24) is 15.5 Å². The van der Waals surface area contributed by atoms with Gasteiger partial charge in [0.15, 0.2) is 16.7 Å². The molecular weight excluding hydrogens is 620 g/mol. The van der Waals surface area contributed by atoms with Gasteiger partial charge in [0.2, 0.25) is 28.6 Å². The Kier molecular flexibility index (Phi) is 8.56. The number of nitrogens with two attached hydrogens (primary N) is 1. The van der Waals surface area contributed by atoms with Crippen molar-refractivity contribution in [3.63, 3.8) is 0 Å². The van der Waals surface area contributed by atoms with Crippen molar-refractivity contribution < 1.29 is 32.3 Å². The van der Waals surface area contributed by atoms with Crippen molar-refractivity contribution >= 4 is 56.2 Å². The smallest absolute Gasteiger partial charge is 0.271 e. The van der Waals surface area contributed by atoms with Crippen LogP contribution in [0.2, 0.25) is 0 Å². The van der Waals surface area contributed by atoms with E-state index < -0.39 is 22.0 Å². The van der Waals surface area contributed by atoms with Gasteiger partial charge >= 0.3 is 0 Å². The lowest BCUT2D eigenvalue weighted by atomic mass is 10.1. The van der Waals surface area contributed by atoms with Crippen molar-refractivity contribution in [1.29, 1.82) is 0 Å². The molecule has 3 aliphatic rings. The molecule has 4 N–H and O–H groups in total. The Balaban J connectivity index is 1.08. The van der Waals surface area contributed by atoms with Crippen LogP contribution in [0.4, 0.5) is 5.69 Å². The van der Waals surface area contributed by atoms with Crippen LogP contribution in [0.25, 0.3) is 0 Å². The summed E-state index contributed by atoms with van der Waals surface area (Å²) in [6, 6.07) is 17.9. The number of hydrogen-bond donors (Lipinski definition) is 3. The van der Waals surface area contributed by atoms with Gasteiger partial charge in [-0.15, -0.1) is 0 Å². The van der Waals surface area contributed by atoms with Gasteiger partial charge in [-0.05, 0) is 53.9 Å². The molecule has 3 amide bonds. The average Bonchev–Trinajstić information content (AvgIpc) is 3.62. The minimum Gasteiger partial charge on any atom is -0.454 e. The highest BCUT2D eigenvalue weighted by atomic mass is 32.2. The highest BCUT2D eigenvalue weighted by molar-refractivity contribution is 8.14. The third-order valence-electron chi connectivity index (χ3n) is 7.23. The second kappa shape index (κ2) is 12.7. The first-order valence-corrected chi connectivity index (χ1v) is 16.5. The molecule has 3 aliphatic heterocycles. The molecule has 13 nitrogen and oxygen atoms in total. The number of fused-ring (bicyclic) bond motifs is 4. The molecule has 15 heteroatoms. The lowest BCUT2D eigenvalue weighted by Gasteiger charge is -2.30. The predicted octanol–water partition coefficient (Wildman–Crippen LogP) is 1.82. The first-order chi connectivity index (χ1) is 21.7. The number of thioether (sulfide) groups is 1. The molecule has 45 heavy (non-hydrogen) atoms. The van der Waals surface area contributed by atoms with Gasteiger partial charge in [0, 0.05) is 18.7 Å². The van der Waals surface area contributed by atoms with Crippen LogP contribution in [0.15, 0.2) is 81.6 Å². The van der Waals surface area contributed by atoms with Crippen LogP contribution in [-0.2, 0) is 37.4 Å². The number of ether oxygens (including phenoxy) is 2. The minimum absolute atomic E-state index is 0.00631. The topological polar surface area (TPSA) is 182 Å². The molecule has 232 valence electrons. The molecule has 1 atom stereocenters. The maximum Gasteiger partial charge on any atom is 0.271 e. The fourth-order valence-corrected chi connectivity index (χ4v) is 6.37. The normalized spacial score (nSPS) is 16.4. The van der Waals surface area contributed by atoms with Crippen molar-refractivity contribution in [2.45, 2.75) is 30.3 Å². The van der Waals surface area contributed by atoms with Gasteiger partial charge < -0.3 is 20.1 Å². The molecule has 0 saturated heterocycles. The molecule has 0 spiro atoms. The van der Waals surface area contributed by atoms with Crippen molar-refractivity contribution in [2.75, 3.05) is 19.1 Å². The van der Waals surface area contributed by atoms with Crippen molar-refractivity contribution in [3.8, 4) is 11.5 Å². The summed E-state index contributed by atoms with van der Waals surface area (Å²) >= 11 is 1.14. The van der Waals surface area contributed by atoms with E-state index in [0.717, 1.165) is 22.9 Å². The Hall–Kier alpha value is -4.73. The fraction of sp³-hybridized carbons (Fsp3) is 0.233. The number of rotatable bonds is 10. The summed E-state index contributed by atoms with van der Waals surface area (Å²) in [6.07, 6.45) is 0.324. The summed E-state index contributed by atoms with van der Waals surface area (Å²) in [6.45, 7) is 0.712. The minimum atomic E-state index is -3.77. The number of carbonyl (C=O) groups excluding carboxylic acids is 3. The largest absolute Gasteiger partial charge is 0.454 e. The van der Waals surface area contributed by atoms with E-state index in [1.54, 1.807) is 35.2 Å². The number of nitrogens with zero attached hydrogens (tertiary/aromatic N) is 3. The summed E-state index contributed by atoms with van der Waals surface area (Å²) in [5, 5.41) is 11.2. The number of sulfonamides is 1. The van der Waals surface area contributed by atoms with Gasteiger partial charge in [0.25, 0.3) is 5.91 Å². The number of benzene rings is 3. The number of amidine groups is 2. The summed E-state index contributed by atoms with van der Waals surface area (Å²) in [5.41, 5.74) is 2.92. The lowest BCUT2D eigenvalue weighted by molar-refractivity contribution is -0.126. The lowest BCUT2D eigenvalue weighted by Crippen LogP contribution is -2.46. The first kappa shape index (κ1) is 30.3. The van der Waals surface area contributed by atoms with Gasteiger partial charge in [-0.2, -0.15) is 4.99 Å². The molecule has 3 heterocycles. The monoisotopic (exact) mass is 648 g/mol. The molecule has 0 fully saturated rings. The van der Waals surface area contributed by atoms with E-state index in [4.69, 9.17) is 19.6 Å². The Morgan fingerprint density at radius 2 is 1.71 bits per heavy atom. The third-order valence-corrected chi connectivity index (χ3v) is 9.12. The van der Waals surface area contributed by atoms with Crippen molar-refractivity contribution in [3.05, 3.63) is 83.4 Å². The molecular formula is C30H28N6O7S2. The molecule has 6 rings (SSSR count). The van der Waals surface area contributed by atoms with Gasteiger partial charge in [-0.1, -0.05) is 42.1 Å². The van der Waals surface area contributed by atoms with Crippen LogP contribution in [0.3, 0.4) is 0 Å². The zero-order valence-corrected chi connectivity index (χ0v) is 25.4. The van der Waals surface area contributed by atoms with E-state index in [2.05, 4.69) is 15.6 Å². The number of para-hydroxylation sites is 1. The molecule has 3 aromatic rings. The molecule has 0 aliphatic carbocycles. The number of amides is 3. The maximum absolute atomic E-state index is 13.1. The van der Waals surface area contributed by atoms with Crippen LogP contribution in [-0.4, -0.2) is 67.2 Å². The second-order valence-electron chi connectivity index (χ2n) is 10.3. The molecule has 3 aromatic carbocycles. The predicted molar refractivity (Wildman–Crippen MR) is 167 cm³/mol. The molecule has 0 radical (unpaired) electrons. The van der Waals surface area contributed by atoms with Crippen LogP contribution in [0.5, 0.6) is 11.5 Å². The third kappa shape index (κ3) is 6.84. The Labute approximate surface area is 262 Å². The molecule has 0 bridgehead atoms. The molecule has 0 saturated carbocycles. The van der Waals surface area contributed by atoms with Gasteiger partial charge in [-0.3, -0.25) is 19.3 Å². The summed E-state index contributed by atoms with van der Waals surface area (Å²) in [5.74, 6) is 0.582. The van der Waals surface area contributed by atoms with Gasteiger partial charge in [0.05, 0.1) is 22.8 Å². The number of primary sulfonamides is 1. The summed E-state index contributed by atoms with van der Waals surface area (Å²) in [4.78, 5) is 49.5. The summed E-state index contributed by atoms with van der Waals surface area (Å²) in [7, 11) is -3.77. The highest BCUT2D eigenvalue weighted by Gasteiger charge is 2.42. The maximum atomic E-state index is 13.1. The number of carbonyl (C=O) groups is 3. The number of hydrogen-bond acceptors (Lipinski definition) is 10. The number of nitrogens with one attached hydrogen (secondary N) is 2. The second-order valence-corrected chi connectivity index (χ2v) is 12.8. The van der Waals surface area contributed by atoms with E-state index in [1.165, 1.54) is 12.1 Å². The Morgan fingerprint density at radius 1 is 0.956 bits per heavy atom.